The molecule has 0 radical (unpaired) electrons. The van der Waals surface area contributed by atoms with Crippen LogP contribution < -0.4 is 10.6 Å². The van der Waals surface area contributed by atoms with Crippen molar-refractivity contribution in [1.82, 2.24) is 5.32 Å². The lowest BCUT2D eigenvalue weighted by atomic mass is 9.66. The fourth-order valence-corrected chi connectivity index (χ4v) is 7.57. The van der Waals surface area contributed by atoms with Crippen LogP contribution in [0, 0.1) is 23.5 Å². The van der Waals surface area contributed by atoms with Gasteiger partial charge in [-0.2, -0.15) is 0 Å². The van der Waals surface area contributed by atoms with Crippen LogP contribution in [0.2, 0.25) is 5.02 Å². The first-order chi connectivity index (χ1) is 18.2. The van der Waals surface area contributed by atoms with E-state index < -0.39 is 62.1 Å². The Balaban J connectivity index is 1.83. The quantitative estimate of drug-likeness (QED) is 0.350. The Hall–Kier alpha value is -2.60. The third-order valence-corrected chi connectivity index (χ3v) is 10.0. The summed E-state index contributed by atoms with van der Waals surface area (Å²) in [7, 11) is -4.08. The molecule has 0 spiro atoms. The number of nitrogens with one attached hydrogen (secondary N) is 2. The predicted octanol–water partition coefficient (Wildman–Crippen LogP) is 4.09. The third kappa shape index (κ3) is 6.95. The lowest BCUT2D eigenvalue weighted by molar-refractivity contribution is -0.138. The van der Waals surface area contributed by atoms with Crippen LogP contribution in [0.4, 0.5) is 14.5 Å². The van der Waals surface area contributed by atoms with Gasteiger partial charge in [-0.05, 0) is 61.9 Å². The second-order valence-electron chi connectivity index (χ2n) is 10.2. The number of hydrogen-bond acceptors (Lipinski definition) is 6. The molecule has 12 heteroatoms. The first-order valence-corrected chi connectivity index (χ1v) is 14.6. The Labute approximate surface area is 231 Å². The number of aliphatic hydroxyl groups excluding tert-OH is 1. The highest BCUT2D eigenvalue weighted by Crippen LogP contribution is 2.46. The summed E-state index contributed by atoms with van der Waals surface area (Å²) in [5, 5.41) is 24.9. The van der Waals surface area contributed by atoms with Gasteiger partial charge in [-0.15, -0.1) is 0 Å². The summed E-state index contributed by atoms with van der Waals surface area (Å²) in [5.41, 5.74) is -1.51. The largest absolute Gasteiger partial charge is 0.392 e. The van der Waals surface area contributed by atoms with Crippen molar-refractivity contribution in [2.24, 2.45) is 11.8 Å². The van der Waals surface area contributed by atoms with E-state index in [9.17, 15) is 37.0 Å². The van der Waals surface area contributed by atoms with Crippen LogP contribution in [0.1, 0.15) is 56.8 Å². The molecule has 2 aromatic carbocycles. The average molecular weight is 587 g/mol. The summed E-state index contributed by atoms with van der Waals surface area (Å²) < 4.78 is 54.2. The van der Waals surface area contributed by atoms with Gasteiger partial charge in [0, 0.05) is 23.9 Å². The van der Waals surface area contributed by atoms with Crippen molar-refractivity contribution < 1.29 is 37.0 Å². The van der Waals surface area contributed by atoms with Crippen LogP contribution in [0.3, 0.4) is 0 Å². The van der Waals surface area contributed by atoms with Crippen molar-refractivity contribution in [2.45, 2.75) is 68.3 Å². The minimum Gasteiger partial charge on any atom is -0.392 e. The first-order valence-electron chi connectivity index (χ1n) is 12.7. The van der Waals surface area contributed by atoms with E-state index in [0.717, 1.165) is 18.2 Å². The number of carbonyl (C=O) groups is 2. The second kappa shape index (κ2) is 12.3. The molecule has 4 N–H and O–H groups in total. The predicted molar refractivity (Wildman–Crippen MR) is 143 cm³/mol. The van der Waals surface area contributed by atoms with E-state index in [1.807, 2.05) is 0 Å². The smallest absolute Gasteiger partial charge is 0.255 e. The minimum absolute atomic E-state index is 0.0121. The molecule has 0 aromatic heterocycles. The van der Waals surface area contributed by atoms with E-state index in [2.05, 4.69) is 10.6 Å². The summed E-state index contributed by atoms with van der Waals surface area (Å²) in [6.45, 7) is 5.06. The number of halogens is 3. The van der Waals surface area contributed by atoms with Gasteiger partial charge in [0.05, 0.1) is 33.3 Å². The van der Waals surface area contributed by atoms with Crippen molar-refractivity contribution in [1.29, 1.82) is 0 Å². The van der Waals surface area contributed by atoms with Gasteiger partial charge in [0.25, 0.3) is 5.91 Å². The molecular weight excluding hydrogens is 554 g/mol. The molecule has 0 bridgehead atoms. The molecule has 0 aliphatic heterocycles. The molecule has 1 aliphatic rings. The van der Waals surface area contributed by atoms with Crippen LogP contribution >= 0.6 is 11.6 Å². The topological polar surface area (TPSA) is 133 Å². The van der Waals surface area contributed by atoms with Gasteiger partial charge in [-0.3, -0.25) is 9.59 Å². The maximum atomic E-state index is 13.7. The highest BCUT2D eigenvalue weighted by Gasteiger charge is 2.50. The van der Waals surface area contributed by atoms with Crippen molar-refractivity contribution >= 4 is 38.9 Å². The zero-order valence-corrected chi connectivity index (χ0v) is 23.5. The van der Waals surface area contributed by atoms with Crippen LogP contribution in [0.25, 0.3) is 0 Å². The standard InChI is InChI=1S/C27H33ClF2N2O6S/c1-4-18-11-20(9-15(2)27(18,36)13-25(34)31-14-16(3)33)39(37,38)24-10-17(5-7-21(24)28)26(35)32-19-6-8-22(29)23(30)12-19/h5-8,10,12,15-16,18,20,33,36H,4,9,11,13-14H2,1-3H3,(H,31,34)(H,32,35)/t15-,16-,18?,20-,27-/m0/s1. The minimum atomic E-state index is -4.08. The molecule has 1 unspecified atom stereocenters. The van der Waals surface area contributed by atoms with Gasteiger partial charge in [-0.25, -0.2) is 17.2 Å². The number of benzene rings is 2. The molecule has 0 heterocycles. The number of amides is 2. The molecule has 8 nitrogen and oxygen atoms in total. The molecular formula is C27H33ClF2N2O6S. The van der Waals surface area contributed by atoms with Crippen LogP contribution in [-0.2, 0) is 14.6 Å². The molecule has 3 rings (SSSR count). The molecule has 1 aliphatic carbocycles. The third-order valence-electron chi connectivity index (χ3n) is 7.37. The van der Waals surface area contributed by atoms with Crippen molar-refractivity contribution in [3.8, 4) is 0 Å². The fourth-order valence-electron chi connectivity index (χ4n) is 5.11. The Morgan fingerprint density at radius 3 is 2.46 bits per heavy atom. The Morgan fingerprint density at radius 1 is 1.15 bits per heavy atom. The molecule has 5 atom stereocenters. The summed E-state index contributed by atoms with van der Waals surface area (Å²) in [6.07, 6.45) is -0.428. The summed E-state index contributed by atoms with van der Waals surface area (Å²) in [6, 6.07) is 6.57. The van der Waals surface area contributed by atoms with E-state index in [1.54, 1.807) is 13.8 Å². The van der Waals surface area contributed by atoms with Crippen LogP contribution in [0.5, 0.6) is 0 Å². The Bertz CT molecular complexity index is 1340. The Kier molecular flexibility index (Phi) is 9.74. The maximum Gasteiger partial charge on any atom is 0.255 e. The summed E-state index contributed by atoms with van der Waals surface area (Å²) in [4.78, 5) is 24.9. The van der Waals surface area contributed by atoms with Gasteiger partial charge in [0.2, 0.25) is 5.91 Å². The molecule has 0 saturated heterocycles. The SMILES string of the molecule is CCC1C[C@@H](S(=O)(=O)c2cc(C(=O)Nc3ccc(F)c(F)c3)ccc2Cl)C[C@H](C)[C@@]1(O)CC(=O)NC[C@H](C)O. The number of rotatable bonds is 9. The van der Waals surface area contributed by atoms with E-state index in [1.165, 1.54) is 25.1 Å². The molecule has 2 amide bonds. The number of sulfone groups is 1. The molecule has 39 heavy (non-hydrogen) atoms. The normalized spacial score (nSPS) is 24.2. The zero-order chi connectivity index (χ0) is 29.1. The number of hydrogen-bond donors (Lipinski definition) is 4. The van der Waals surface area contributed by atoms with E-state index in [4.69, 9.17) is 11.6 Å². The molecule has 1 fully saturated rings. The average Bonchev–Trinajstić information content (AvgIpc) is 2.86. The van der Waals surface area contributed by atoms with Crippen molar-refractivity contribution in [3.05, 3.63) is 58.6 Å². The highest BCUT2D eigenvalue weighted by atomic mass is 35.5. The van der Waals surface area contributed by atoms with Gasteiger partial charge in [-0.1, -0.05) is 31.9 Å². The van der Waals surface area contributed by atoms with Gasteiger partial charge < -0.3 is 20.8 Å². The molecule has 214 valence electrons. The van der Waals surface area contributed by atoms with Gasteiger partial charge in [0.15, 0.2) is 21.5 Å². The lowest BCUT2D eigenvalue weighted by Crippen LogP contribution is -2.54. The lowest BCUT2D eigenvalue weighted by Gasteiger charge is -2.47. The second-order valence-corrected chi connectivity index (χ2v) is 12.8. The fraction of sp³-hybridized carbons (Fsp3) is 0.481. The molecule has 1 saturated carbocycles. The summed E-state index contributed by atoms with van der Waals surface area (Å²) in [5.74, 6) is -4.48. The van der Waals surface area contributed by atoms with Gasteiger partial charge >= 0.3 is 0 Å². The van der Waals surface area contributed by atoms with E-state index in [0.29, 0.717) is 6.42 Å². The number of carbonyl (C=O) groups excluding carboxylic acids is 2. The first kappa shape index (κ1) is 30.9. The van der Waals surface area contributed by atoms with Crippen LogP contribution in [-0.4, -0.2) is 53.9 Å². The zero-order valence-electron chi connectivity index (χ0n) is 21.9. The Morgan fingerprint density at radius 2 is 1.85 bits per heavy atom. The van der Waals surface area contributed by atoms with Crippen molar-refractivity contribution in [2.75, 3.05) is 11.9 Å². The summed E-state index contributed by atoms with van der Waals surface area (Å²) >= 11 is 6.27. The maximum absolute atomic E-state index is 13.7. The number of aliphatic hydroxyl groups is 2. The highest BCUT2D eigenvalue weighted by molar-refractivity contribution is 7.92. The van der Waals surface area contributed by atoms with Crippen molar-refractivity contribution in [3.63, 3.8) is 0 Å². The molecule has 2 aromatic rings. The van der Waals surface area contributed by atoms with E-state index in [-0.39, 0.29) is 47.0 Å². The number of anilines is 1. The monoisotopic (exact) mass is 586 g/mol. The van der Waals surface area contributed by atoms with Gasteiger partial charge in [0.1, 0.15) is 0 Å². The van der Waals surface area contributed by atoms with Crippen LogP contribution in [0.15, 0.2) is 41.3 Å². The van der Waals surface area contributed by atoms with E-state index >= 15 is 0 Å².